The van der Waals surface area contributed by atoms with Crippen molar-refractivity contribution in [1.29, 1.82) is 0 Å². The predicted octanol–water partition coefficient (Wildman–Crippen LogP) is 5.58. The molecule has 6 heteroatoms. The van der Waals surface area contributed by atoms with Crippen LogP contribution in [0.3, 0.4) is 0 Å². The Morgan fingerprint density at radius 2 is 2.00 bits per heavy atom. The maximum Gasteiger partial charge on any atom is 0.410 e. The smallest absolute Gasteiger partial charge is 0.410 e. The molecule has 1 aliphatic rings. The number of amides is 1. The second-order valence-corrected chi connectivity index (χ2v) is 8.98. The highest BCUT2D eigenvalue weighted by Gasteiger charge is 2.30. The Bertz CT molecular complexity index is 855. The number of hydrogen-bond donors (Lipinski definition) is 0. The van der Waals surface area contributed by atoms with E-state index in [4.69, 9.17) is 21.3 Å². The molecule has 1 atom stereocenters. The molecule has 29 heavy (non-hydrogen) atoms. The summed E-state index contributed by atoms with van der Waals surface area (Å²) in [4.78, 5) is 23.7. The Morgan fingerprint density at radius 3 is 2.69 bits per heavy atom. The van der Waals surface area contributed by atoms with Crippen molar-refractivity contribution in [2.24, 2.45) is 5.41 Å². The summed E-state index contributed by atoms with van der Waals surface area (Å²) >= 11 is 6.51. The summed E-state index contributed by atoms with van der Waals surface area (Å²) < 4.78 is 5.55. The van der Waals surface area contributed by atoms with Crippen LogP contribution in [0.1, 0.15) is 63.2 Å². The SMILES string of the molecule is CC[C@@H](C)N(Cc1nc(Cl)c2c(n1)CCC(C)(C)C2)C(=O)OCc1ccccc1. The van der Waals surface area contributed by atoms with Crippen molar-refractivity contribution in [1.82, 2.24) is 14.9 Å². The van der Waals surface area contributed by atoms with Gasteiger partial charge in [-0.05, 0) is 43.6 Å². The molecule has 5 nitrogen and oxygen atoms in total. The highest BCUT2D eigenvalue weighted by Crippen LogP contribution is 2.36. The Labute approximate surface area is 178 Å². The summed E-state index contributed by atoms with van der Waals surface area (Å²) in [6.45, 7) is 9.07. The van der Waals surface area contributed by atoms with Crippen LogP contribution in [-0.4, -0.2) is 27.0 Å². The van der Waals surface area contributed by atoms with Gasteiger partial charge in [0.2, 0.25) is 0 Å². The first-order chi connectivity index (χ1) is 13.8. The first kappa shape index (κ1) is 21.6. The molecule has 0 aliphatic heterocycles. The maximum atomic E-state index is 12.8. The third-order valence-corrected chi connectivity index (χ3v) is 5.97. The molecule has 2 aromatic rings. The Hall–Kier alpha value is -2.14. The van der Waals surface area contributed by atoms with Gasteiger partial charge in [0.1, 0.15) is 17.6 Å². The summed E-state index contributed by atoms with van der Waals surface area (Å²) in [5, 5.41) is 0.513. The number of rotatable bonds is 6. The summed E-state index contributed by atoms with van der Waals surface area (Å²) in [6, 6.07) is 9.69. The van der Waals surface area contributed by atoms with Crippen molar-refractivity contribution < 1.29 is 9.53 Å². The summed E-state index contributed by atoms with van der Waals surface area (Å²) in [7, 11) is 0. The van der Waals surface area contributed by atoms with Gasteiger partial charge in [0.05, 0.1) is 6.54 Å². The van der Waals surface area contributed by atoms with Crippen LogP contribution in [0.4, 0.5) is 4.79 Å². The fraction of sp³-hybridized carbons (Fsp3) is 0.522. The van der Waals surface area contributed by atoms with Crippen LogP contribution in [0.2, 0.25) is 5.15 Å². The van der Waals surface area contributed by atoms with Gasteiger partial charge in [-0.3, -0.25) is 4.90 Å². The lowest BCUT2D eigenvalue weighted by Gasteiger charge is -2.32. The lowest BCUT2D eigenvalue weighted by Crippen LogP contribution is -2.39. The molecule has 0 unspecified atom stereocenters. The van der Waals surface area contributed by atoms with Crippen molar-refractivity contribution in [3.05, 3.63) is 58.1 Å². The molecule has 0 saturated carbocycles. The number of halogens is 1. The number of aryl methyl sites for hydroxylation is 1. The fourth-order valence-electron chi connectivity index (χ4n) is 3.60. The van der Waals surface area contributed by atoms with E-state index in [-0.39, 0.29) is 24.2 Å². The fourth-order valence-corrected chi connectivity index (χ4v) is 3.87. The molecule has 1 aliphatic carbocycles. The van der Waals surface area contributed by atoms with Gasteiger partial charge >= 0.3 is 6.09 Å². The van der Waals surface area contributed by atoms with Crippen molar-refractivity contribution >= 4 is 17.7 Å². The van der Waals surface area contributed by atoms with E-state index in [1.54, 1.807) is 4.90 Å². The average molecular weight is 416 g/mol. The lowest BCUT2D eigenvalue weighted by atomic mass is 9.76. The quantitative estimate of drug-likeness (QED) is 0.577. The molecule has 0 fully saturated rings. The van der Waals surface area contributed by atoms with E-state index >= 15 is 0 Å². The van der Waals surface area contributed by atoms with Crippen LogP contribution in [0.15, 0.2) is 30.3 Å². The first-order valence-corrected chi connectivity index (χ1v) is 10.7. The van der Waals surface area contributed by atoms with Crippen molar-refractivity contribution in [2.45, 2.75) is 72.6 Å². The number of ether oxygens (including phenoxy) is 1. The number of carbonyl (C=O) groups is 1. The molecule has 0 saturated heterocycles. The largest absolute Gasteiger partial charge is 0.445 e. The van der Waals surface area contributed by atoms with Gasteiger partial charge < -0.3 is 4.74 Å². The molecule has 0 radical (unpaired) electrons. The molecule has 1 aromatic carbocycles. The van der Waals surface area contributed by atoms with Crippen LogP contribution in [0.25, 0.3) is 0 Å². The van der Waals surface area contributed by atoms with Crippen LogP contribution in [0.5, 0.6) is 0 Å². The monoisotopic (exact) mass is 415 g/mol. The normalized spacial score (nSPS) is 16.0. The average Bonchev–Trinajstić information content (AvgIpc) is 2.70. The first-order valence-electron chi connectivity index (χ1n) is 10.3. The second kappa shape index (κ2) is 9.12. The molecule has 3 rings (SSSR count). The molecule has 1 amide bonds. The summed E-state index contributed by atoms with van der Waals surface area (Å²) in [5.74, 6) is 0.574. The lowest BCUT2D eigenvalue weighted by molar-refractivity contribution is 0.0780. The molecule has 1 heterocycles. The van der Waals surface area contributed by atoms with E-state index in [1.807, 2.05) is 44.2 Å². The molecule has 0 bridgehead atoms. The Kier molecular flexibility index (Phi) is 6.78. The summed E-state index contributed by atoms with van der Waals surface area (Å²) in [5.41, 5.74) is 3.24. The third-order valence-electron chi connectivity index (χ3n) is 5.66. The van der Waals surface area contributed by atoms with E-state index in [0.29, 0.717) is 17.5 Å². The minimum Gasteiger partial charge on any atom is -0.445 e. The maximum absolute atomic E-state index is 12.8. The number of aromatic nitrogens is 2. The zero-order valence-electron chi connectivity index (χ0n) is 17.7. The second-order valence-electron chi connectivity index (χ2n) is 8.62. The van der Waals surface area contributed by atoms with Crippen LogP contribution in [0, 0.1) is 5.41 Å². The highest BCUT2D eigenvalue weighted by molar-refractivity contribution is 6.30. The standard InChI is InChI=1S/C23H30ClN3O2/c1-5-16(2)27(22(28)29-15-17-9-7-6-8-10-17)14-20-25-19-11-12-23(3,4)13-18(19)21(24)26-20/h6-10,16H,5,11-15H2,1-4H3/t16-/m1/s1. The number of fused-ring (bicyclic) bond motifs is 1. The van der Waals surface area contributed by atoms with Gasteiger partial charge in [0.15, 0.2) is 0 Å². The molecular weight excluding hydrogens is 386 g/mol. The van der Waals surface area contributed by atoms with E-state index in [1.165, 1.54) is 0 Å². The topological polar surface area (TPSA) is 55.3 Å². The number of hydrogen-bond acceptors (Lipinski definition) is 4. The van der Waals surface area contributed by atoms with Gasteiger partial charge in [-0.1, -0.05) is 62.7 Å². The van der Waals surface area contributed by atoms with Gasteiger partial charge in [-0.2, -0.15) is 0 Å². The van der Waals surface area contributed by atoms with Gasteiger partial charge in [-0.15, -0.1) is 0 Å². The van der Waals surface area contributed by atoms with Crippen molar-refractivity contribution in [3.8, 4) is 0 Å². The number of carbonyl (C=O) groups excluding carboxylic acids is 1. The molecule has 156 valence electrons. The van der Waals surface area contributed by atoms with E-state index in [0.717, 1.165) is 42.5 Å². The summed E-state index contributed by atoms with van der Waals surface area (Å²) in [6.07, 6.45) is 3.30. The molecule has 1 aromatic heterocycles. The minimum atomic E-state index is -0.359. The van der Waals surface area contributed by atoms with E-state index < -0.39 is 0 Å². The van der Waals surface area contributed by atoms with Crippen LogP contribution >= 0.6 is 11.6 Å². The van der Waals surface area contributed by atoms with Crippen molar-refractivity contribution in [2.75, 3.05) is 0 Å². The Morgan fingerprint density at radius 1 is 1.28 bits per heavy atom. The van der Waals surface area contributed by atoms with Crippen molar-refractivity contribution in [3.63, 3.8) is 0 Å². The van der Waals surface area contributed by atoms with Crippen LogP contribution in [-0.2, 0) is 30.7 Å². The molecular formula is C23H30ClN3O2. The third kappa shape index (κ3) is 5.47. The van der Waals surface area contributed by atoms with Gasteiger partial charge in [0, 0.05) is 17.3 Å². The molecule has 0 N–H and O–H groups in total. The predicted molar refractivity (Wildman–Crippen MR) is 115 cm³/mol. The van der Waals surface area contributed by atoms with Gasteiger partial charge in [-0.25, -0.2) is 14.8 Å². The minimum absolute atomic E-state index is 0.00983. The molecule has 0 spiro atoms. The number of benzene rings is 1. The van der Waals surface area contributed by atoms with E-state index in [9.17, 15) is 4.79 Å². The Balaban J connectivity index is 1.75. The van der Waals surface area contributed by atoms with Crippen LogP contribution < -0.4 is 0 Å². The van der Waals surface area contributed by atoms with Gasteiger partial charge in [0.25, 0.3) is 0 Å². The zero-order chi connectivity index (χ0) is 21.0. The highest BCUT2D eigenvalue weighted by atomic mass is 35.5. The zero-order valence-corrected chi connectivity index (χ0v) is 18.5. The number of nitrogens with zero attached hydrogens (tertiary/aromatic N) is 3. The van der Waals surface area contributed by atoms with E-state index in [2.05, 4.69) is 18.8 Å².